The first-order valence-electron chi connectivity index (χ1n) is 9.26. The van der Waals surface area contributed by atoms with Crippen molar-refractivity contribution in [2.75, 3.05) is 38.7 Å². The molecule has 0 saturated carbocycles. The number of nitrogens with zero attached hydrogens (tertiary/aromatic N) is 2. The van der Waals surface area contributed by atoms with Crippen molar-refractivity contribution in [3.63, 3.8) is 0 Å². The Kier molecular flexibility index (Phi) is 8.68. The number of sulfonamides is 1. The number of anilines is 1. The largest absolute Gasteiger partial charge is 0.493 e. The summed E-state index contributed by atoms with van der Waals surface area (Å²) in [7, 11) is -2.02. The Morgan fingerprint density at radius 3 is 2.69 bits per heavy atom. The van der Waals surface area contributed by atoms with Crippen LogP contribution in [0.3, 0.4) is 0 Å². The summed E-state index contributed by atoms with van der Waals surface area (Å²) in [6, 6.07) is 8.54. The van der Waals surface area contributed by atoms with E-state index in [1.807, 2.05) is 26.0 Å². The second-order valence-electron chi connectivity index (χ2n) is 5.77. The first-order valence-corrected chi connectivity index (χ1v) is 10.7. The number of hydrogen-bond acceptors (Lipinski definition) is 6. The monoisotopic (exact) mass is 421 g/mol. The number of guanidine groups is 1. The van der Waals surface area contributed by atoms with Crippen molar-refractivity contribution in [2.45, 2.75) is 18.7 Å². The summed E-state index contributed by atoms with van der Waals surface area (Å²) in [5, 5.41) is 6.30. The van der Waals surface area contributed by atoms with Gasteiger partial charge < -0.3 is 20.1 Å². The van der Waals surface area contributed by atoms with Gasteiger partial charge in [0.15, 0.2) is 17.5 Å². The summed E-state index contributed by atoms with van der Waals surface area (Å²) in [5.41, 5.74) is 0.768. The molecule has 9 nitrogen and oxygen atoms in total. The number of nitrogens with one attached hydrogen (secondary N) is 3. The normalized spacial score (nSPS) is 11.8. The minimum Gasteiger partial charge on any atom is -0.493 e. The van der Waals surface area contributed by atoms with Gasteiger partial charge in [0.05, 0.1) is 20.3 Å². The number of rotatable bonds is 10. The number of ether oxygens (including phenoxy) is 2. The van der Waals surface area contributed by atoms with Gasteiger partial charge in [0.25, 0.3) is 0 Å². The molecule has 3 N–H and O–H groups in total. The Morgan fingerprint density at radius 1 is 1.21 bits per heavy atom. The fraction of sp³-hybridized carbons (Fsp3) is 0.368. The van der Waals surface area contributed by atoms with Crippen LogP contribution in [0.25, 0.3) is 0 Å². The highest BCUT2D eigenvalue weighted by atomic mass is 32.2. The van der Waals surface area contributed by atoms with Gasteiger partial charge in [0.1, 0.15) is 4.90 Å². The first-order chi connectivity index (χ1) is 14.0. The quantitative estimate of drug-likeness (QED) is 0.305. The van der Waals surface area contributed by atoms with Crippen LogP contribution in [0.1, 0.15) is 13.8 Å². The molecule has 0 fully saturated rings. The van der Waals surface area contributed by atoms with E-state index in [0.717, 1.165) is 5.69 Å². The number of pyridine rings is 1. The van der Waals surface area contributed by atoms with Crippen molar-refractivity contribution in [3.05, 3.63) is 42.7 Å². The average Bonchev–Trinajstić information content (AvgIpc) is 2.72. The molecular weight excluding hydrogens is 394 g/mol. The zero-order chi connectivity index (χ0) is 21.1. The zero-order valence-electron chi connectivity index (χ0n) is 16.8. The van der Waals surface area contributed by atoms with Crippen LogP contribution in [0.2, 0.25) is 0 Å². The van der Waals surface area contributed by atoms with Crippen LogP contribution >= 0.6 is 0 Å². The van der Waals surface area contributed by atoms with E-state index in [2.05, 4.69) is 25.3 Å². The van der Waals surface area contributed by atoms with Gasteiger partial charge in [-0.3, -0.25) is 9.98 Å². The topological polar surface area (TPSA) is 114 Å². The molecule has 10 heteroatoms. The Morgan fingerprint density at radius 2 is 2.03 bits per heavy atom. The molecule has 1 aromatic heterocycles. The van der Waals surface area contributed by atoms with Crippen LogP contribution in [-0.4, -0.2) is 52.7 Å². The number of aliphatic imine (C=N–C) groups is 1. The maximum absolute atomic E-state index is 12.2. The summed E-state index contributed by atoms with van der Waals surface area (Å²) in [4.78, 5) is 8.35. The van der Waals surface area contributed by atoms with Crippen molar-refractivity contribution in [1.82, 2.24) is 15.0 Å². The second-order valence-corrected chi connectivity index (χ2v) is 7.54. The van der Waals surface area contributed by atoms with Crippen LogP contribution < -0.4 is 24.8 Å². The van der Waals surface area contributed by atoms with E-state index in [-0.39, 0.29) is 18.0 Å². The fourth-order valence-corrected chi connectivity index (χ4v) is 3.39. The van der Waals surface area contributed by atoms with Gasteiger partial charge in [-0.1, -0.05) is 0 Å². The van der Waals surface area contributed by atoms with Gasteiger partial charge in [0.2, 0.25) is 10.0 Å². The fourth-order valence-electron chi connectivity index (χ4n) is 2.40. The van der Waals surface area contributed by atoms with Gasteiger partial charge >= 0.3 is 0 Å². The van der Waals surface area contributed by atoms with E-state index in [0.29, 0.717) is 30.6 Å². The Hall–Kier alpha value is -2.85. The van der Waals surface area contributed by atoms with Gasteiger partial charge in [-0.15, -0.1) is 0 Å². The van der Waals surface area contributed by atoms with Crippen LogP contribution in [0.15, 0.2) is 52.6 Å². The van der Waals surface area contributed by atoms with E-state index < -0.39 is 10.0 Å². The van der Waals surface area contributed by atoms with E-state index in [1.54, 1.807) is 19.2 Å². The van der Waals surface area contributed by atoms with Crippen molar-refractivity contribution >= 4 is 21.7 Å². The smallest absolute Gasteiger partial charge is 0.242 e. The molecule has 0 aliphatic carbocycles. The highest BCUT2D eigenvalue weighted by molar-refractivity contribution is 7.89. The van der Waals surface area contributed by atoms with Gasteiger partial charge in [-0.2, -0.15) is 0 Å². The molecule has 0 radical (unpaired) electrons. The summed E-state index contributed by atoms with van der Waals surface area (Å²) in [5.74, 6) is 1.80. The van der Waals surface area contributed by atoms with E-state index in [4.69, 9.17) is 9.47 Å². The van der Waals surface area contributed by atoms with Crippen LogP contribution in [0.4, 0.5) is 5.69 Å². The molecule has 0 bridgehead atoms. The Balaban J connectivity index is 2.00. The lowest BCUT2D eigenvalue weighted by molar-refractivity contribution is 0.311. The highest BCUT2D eigenvalue weighted by Gasteiger charge is 2.12. The number of methoxy groups -OCH3 is 1. The third-order valence-corrected chi connectivity index (χ3v) is 5.14. The lowest BCUT2D eigenvalue weighted by atomic mass is 10.2. The number of hydrogen-bond donors (Lipinski definition) is 3. The van der Waals surface area contributed by atoms with Crippen molar-refractivity contribution in [1.29, 1.82) is 0 Å². The maximum Gasteiger partial charge on any atom is 0.242 e. The summed E-state index contributed by atoms with van der Waals surface area (Å²) in [6.45, 7) is 5.43. The summed E-state index contributed by atoms with van der Waals surface area (Å²) < 4.78 is 37.8. The van der Waals surface area contributed by atoms with Gasteiger partial charge in [0, 0.05) is 37.2 Å². The summed E-state index contributed by atoms with van der Waals surface area (Å²) in [6.07, 6.45) is 2.82. The second kappa shape index (κ2) is 11.2. The van der Waals surface area contributed by atoms with Gasteiger partial charge in [-0.25, -0.2) is 13.1 Å². The number of aromatic nitrogens is 1. The predicted molar refractivity (Wildman–Crippen MR) is 113 cm³/mol. The number of benzene rings is 1. The highest BCUT2D eigenvalue weighted by Crippen LogP contribution is 2.30. The third-order valence-electron chi connectivity index (χ3n) is 3.69. The molecule has 158 valence electrons. The van der Waals surface area contributed by atoms with Gasteiger partial charge in [-0.05, 0) is 38.1 Å². The van der Waals surface area contributed by atoms with Crippen molar-refractivity contribution in [3.8, 4) is 11.5 Å². The van der Waals surface area contributed by atoms with E-state index in [1.165, 1.54) is 18.5 Å². The molecule has 2 aromatic rings. The molecule has 0 spiro atoms. The van der Waals surface area contributed by atoms with Crippen LogP contribution in [0.5, 0.6) is 11.5 Å². The minimum atomic E-state index is -3.60. The molecular formula is C19H27N5O4S. The minimum absolute atomic E-state index is 0.121. The Bertz CT molecular complexity index is 904. The van der Waals surface area contributed by atoms with Crippen LogP contribution in [0, 0.1) is 0 Å². The van der Waals surface area contributed by atoms with Crippen molar-refractivity contribution in [2.24, 2.45) is 4.99 Å². The van der Waals surface area contributed by atoms with Crippen molar-refractivity contribution < 1.29 is 17.9 Å². The molecule has 1 aromatic carbocycles. The molecule has 29 heavy (non-hydrogen) atoms. The lowest BCUT2D eigenvalue weighted by Gasteiger charge is -2.14. The molecule has 2 rings (SSSR count). The molecule has 0 amide bonds. The lowest BCUT2D eigenvalue weighted by Crippen LogP contribution is -2.32. The Labute approximate surface area is 171 Å². The van der Waals surface area contributed by atoms with E-state index >= 15 is 0 Å². The van der Waals surface area contributed by atoms with Crippen LogP contribution in [-0.2, 0) is 10.0 Å². The standard InChI is InChI=1S/C19H27N5O4S/c1-4-21-19(24-15-8-9-17(27-3)18(13-15)28-5-2)22-11-12-23-29(25,26)16-7-6-10-20-14-16/h6-10,13-14,23H,4-5,11-12H2,1-3H3,(H2,21,22,24). The maximum atomic E-state index is 12.2. The molecule has 0 aliphatic rings. The molecule has 1 heterocycles. The molecule has 0 unspecified atom stereocenters. The predicted octanol–water partition coefficient (Wildman–Crippen LogP) is 1.84. The SMILES string of the molecule is CCNC(=NCCNS(=O)(=O)c1cccnc1)Nc1ccc(OC)c(OCC)c1. The molecule has 0 aliphatic heterocycles. The van der Waals surface area contributed by atoms with E-state index in [9.17, 15) is 8.42 Å². The molecule has 0 saturated heterocycles. The first kappa shape index (κ1) is 22.4. The zero-order valence-corrected chi connectivity index (χ0v) is 17.6. The average molecular weight is 422 g/mol. The third kappa shape index (κ3) is 6.91. The molecule has 0 atom stereocenters. The summed E-state index contributed by atoms with van der Waals surface area (Å²) >= 11 is 0.